The zero-order chi connectivity index (χ0) is 13.5. The fourth-order valence-electron chi connectivity index (χ4n) is 1.68. The molecule has 94 valence electrons. The molecule has 0 unspecified atom stereocenters. The molecule has 19 heavy (non-hydrogen) atoms. The molecule has 0 amide bonds. The predicted molar refractivity (Wildman–Crippen MR) is 77.6 cm³/mol. The normalized spacial score (nSPS) is 11.2. The number of hydrogen-bond donors (Lipinski definition) is 0. The Balaban J connectivity index is 2.12. The van der Waals surface area contributed by atoms with Crippen LogP contribution in [0.15, 0.2) is 66.7 Å². The van der Waals surface area contributed by atoms with Crippen LogP contribution in [0.2, 0.25) is 0 Å². The summed E-state index contributed by atoms with van der Waals surface area (Å²) in [5.74, 6) is 0. The Morgan fingerprint density at radius 2 is 1.47 bits per heavy atom. The Morgan fingerprint density at radius 3 is 2.21 bits per heavy atom. The molecule has 3 heteroatoms. The Morgan fingerprint density at radius 1 is 0.842 bits per heavy atom. The van der Waals surface area contributed by atoms with Crippen LogP contribution in [0.1, 0.15) is 11.1 Å². The Bertz CT molecular complexity index is 616. The minimum absolute atomic E-state index is 0.117. The van der Waals surface area contributed by atoms with Gasteiger partial charge >= 0.3 is 0 Å². The zero-order valence-electron chi connectivity index (χ0n) is 10.3. The number of hydrogen-bond acceptors (Lipinski definition) is 2. The van der Waals surface area contributed by atoms with Crippen LogP contribution in [-0.2, 0) is 0 Å². The van der Waals surface area contributed by atoms with Gasteiger partial charge in [-0.3, -0.25) is 10.1 Å². The quantitative estimate of drug-likeness (QED) is 0.461. The van der Waals surface area contributed by atoms with E-state index in [0.717, 1.165) is 5.56 Å². The number of para-hydroxylation sites is 1. The van der Waals surface area contributed by atoms with E-state index in [2.05, 4.69) is 0 Å². The molecule has 0 saturated heterocycles. The molecule has 2 aromatic rings. The van der Waals surface area contributed by atoms with Crippen LogP contribution < -0.4 is 0 Å². The summed E-state index contributed by atoms with van der Waals surface area (Å²) in [7, 11) is 0. The Kier molecular flexibility index (Phi) is 4.24. The van der Waals surface area contributed by atoms with Gasteiger partial charge in [0.2, 0.25) is 0 Å². The fraction of sp³-hybridized carbons (Fsp3) is 0. The van der Waals surface area contributed by atoms with Crippen molar-refractivity contribution in [1.29, 1.82) is 0 Å². The molecule has 0 aromatic heterocycles. The van der Waals surface area contributed by atoms with E-state index in [-0.39, 0.29) is 10.6 Å². The minimum Gasteiger partial charge on any atom is -0.258 e. The summed E-state index contributed by atoms with van der Waals surface area (Å²) < 4.78 is 0. The number of nitro groups is 1. The lowest BCUT2D eigenvalue weighted by Gasteiger charge is -1.95. The zero-order valence-corrected chi connectivity index (χ0v) is 10.3. The van der Waals surface area contributed by atoms with E-state index >= 15 is 0 Å². The fourth-order valence-corrected chi connectivity index (χ4v) is 1.68. The lowest BCUT2D eigenvalue weighted by atomic mass is 10.1. The summed E-state index contributed by atoms with van der Waals surface area (Å²) >= 11 is 0. The molecule has 0 atom stereocenters. The molecule has 0 heterocycles. The van der Waals surface area contributed by atoms with Crippen molar-refractivity contribution in [2.45, 2.75) is 0 Å². The maximum atomic E-state index is 10.8. The van der Waals surface area contributed by atoms with Gasteiger partial charge in [0.25, 0.3) is 5.69 Å². The van der Waals surface area contributed by atoms with Gasteiger partial charge in [0.05, 0.1) is 10.5 Å². The minimum atomic E-state index is -0.374. The third kappa shape index (κ3) is 3.64. The van der Waals surface area contributed by atoms with Gasteiger partial charge in [-0.1, -0.05) is 60.7 Å². The maximum Gasteiger partial charge on any atom is 0.276 e. The molecular weight excluding hydrogens is 238 g/mol. The molecule has 0 N–H and O–H groups in total. The van der Waals surface area contributed by atoms with Gasteiger partial charge in [0, 0.05) is 6.07 Å². The number of allylic oxidation sites excluding steroid dienone is 2. The molecule has 0 saturated carbocycles. The highest BCUT2D eigenvalue weighted by Gasteiger charge is 2.08. The van der Waals surface area contributed by atoms with Crippen molar-refractivity contribution < 1.29 is 4.92 Å². The van der Waals surface area contributed by atoms with Crippen LogP contribution in [0.3, 0.4) is 0 Å². The second-order valence-corrected chi connectivity index (χ2v) is 3.94. The SMILES string of the molecule is O=[N+]([O-])c1ccccc1C=CC=Cc1ccccc1. The van der Waals surface area contributed by atoms with Crippen LogP contribution >= 0.6 is 0 Å². The lowest BCUT2D eigenvalue weighted by molar-refractivity contribution is -0.385. The van der Waals surface area contributed by atoms with Crippen molar-refractivity contribution >= 4 is 17.8 Å². The summed E-state index contributed by atoms with van der Waals surface area (Å²) in [6.45, 7) is 0. The van der Waals surface area contributed by atoms with Crippen molar-refractivity contribution in [2.75, 3.05) is 0 Å². The standard InChI is InChI=1S/C16H13NO2/c18-17(19)16-13-7-6-12-15(16)11-5-4-10-14-8-2-1-3-9-14/h1-13H. The number of benzene rings is 2. The summed E-state index contributed by atoms with van der Waals surface area (Å²) in [5.41, 5.74) is 1.81. The van der Waals surface area contributed by atoms with Crippen molar-refractivity contribution in [1.82, 2.24) is 0 Å². The largest absolute Gasteiger partial charge is 0.276 e. The van der Waals surface area contributed by atoms with E-state index in [4.69, 9.17) is 0 Å². The molecular formula is C16H13NO2. The molecule has 0 bridgehead atoms. The first-order chi connectivity index (χ1) is 9.27. The maximum absolute atomic E-state index is 10.8. The summed E-state index contributed by atoms with van der Waals surface area (Å²) in [6.07, 6.45) is 7.35. The summed E-state index contributed by atoms with van der Waals surface area (Å²) in [6, 6.07) is 16.6. The first-order valence-electron chi connectivity index (χ1n) is 5.90. The second kappa shape index (κ2) is 6.31. The lowest BCUT2D eigenvalue weighted by Crippen LogP contribution is -1.90. The van der Waals surface area contributed by atoms with Gasteiger partial charge in [-0.25, -0.2) is 0 Å². The molecule has 3 nitrogen and oxygen atoms in total. The van der Waals surface area contributed by atoms with E-state index in [1.165, 1.54) is 6.07 Å². The van der Waals surface area contributed by atoms with Crippen LogP contribution in [0.25, 0.3) is 12.2 Å². The first-order valence-corrected chi connectivity index (χ1v) is 5.90. The van der Waals surface area contributed by atoms with E-state index < -0.39 is 0 Å². The molecule has 2 aromatic carbocycles. The van der Waals surface area contributed by atoms with Crippen LogP contribution in [-0.4, -0.2) is 4.92 Å². The van der Waals surface area contributed by atoms with Gasteiger partial charge in [-0.15, -0.1) is 0 Å². The van der Waals surface area contributed by atoms with Crippen molar-refractivity contribution in [2.24, 2.45) is 0 Å². The van der Waals surface area contributed by atoms with E-state index in [0.29, 0.717) is 5.56 Å². The van der Waals surface area contributed by atoms with Crippen molar-refractivity contribution in [3.63, 3.8) is 0 Å². The highest BCUT2D eigenvalue weighted by atomic mass is 16.6. The van der Waals surface area contributed by atoms with E-state index in [1.54, 1.807) is 30.4 Å². The average Bonchev–Trinajstić information content (AvgIpc) is 2.45. The van der Waals surface area contributed by atoms with Crippen molar-refractivity contribution in [3.8, 4) is 0 Å². The van der Waals surface area contributed by atoms with Gasteiger partial charge in [-0.05, 0) is 17.7 Å². The first kappa shape index (κ1) is 12.8. The average molecular weight is 251 g/mol. The Hall–Kier alpha value is -2.68. The monoisotopic (exact) mass is 251 g/mol. The predicted octanol–water partition coefficient (Wildman–Crippen LogP) is 4.32. The molecule has 0 aliphatic heterocycles. The van der Waals surface area contributed by atoms with E-state index in [9.17, 15) is 10.1 Å². The third-order valence-electron chi connectivity index (χ3n) is 2.61. The molecule has 0 spiro atoms. The van der Waals surface area contributed by atoms with E-state index in [1.807, 2.05) is 42.5 Å². The smallest absolute Gasteiger partial charge is 0.258 e. The topological polar surface area (TPSA) is 43.1 Å². The highest BCUT2D eigenvalue weighted by molar-refractivity contribution is 5.63. The van der Waals surface area contributed by atoms with Gasteiger partial charge in [0.15, 0.2) is 0 Å². The molecule has 0 aliphatic carbocycles. The Labute approximate surface area is 111 Å². The van der Waals surface area contributed by atoms with Crippen LogP contribution in [0.5, 0.6) is 0 Å². The summed E-state index contributed by atoms with van der Waals surface area (Å²) in [5, 5.41) is 10.8. The molecule has 0 radical (unpaired) electrons. The molecule has 0 fully saturated rings. The number of nitro benzene ring substituents is 1. The van der Waals surface area contributed by atoms with Crippen LogP contribution in [0, 0.1) is 10.1 Å². The number of nitrogens with zero attached hydrogens (tertiary/aromatic N) is 1. The second-order valence-electron chi connectivity index (χ2n) is 3.94. The van der Waals surface area contributed by atoms with Crippen LogP contribution in [0.4, 0.5) is 5.69 Å². The third-order valence-corrected chi connectivity index (χ3v) is 2.61. The molecule has 2 rings (SSSR count). The van der Waals surface area contributed by atoms with Gasteiger partial charge in [0.1, 0.15) is 0 Å². The summed E-state index contributed by atoms with van der Waals surface area (Å²) in [4.78, 5) is 10.5. The van der Waals surface area contributed by atoms with Crippen molar-refractivity contribution in [3.05, 3.63) is 88.0 Å². The van der Waals surface area contributed by atoms with Gasteiger partial charge in [-0.2, -0.15) is 0 Å². The number of rotatable bonds is 4. The highest BCUT2D eigenvalue weighted by Crippen LogP contribution is 2.18. The molecule has 0 aliphatic rings. The van der Waals surface area contributed by atoms with Gasteiger partial charge < -0.3 is 0 Å².